The van der Waals surface area contributed by atoms with Gasteiger partial charge in [0, 0.05) is 18.7 Å². The second kappa shape index (κ2) is 5.59. The van der Waals surface area contributed by atoms with Gasteiger partial charge >= 0.3 is 11.8 Å². The second-order valence-electron chi connectivity index (χ2n) is 4.04. The molecule has 0 aromatic heterocycles. The molecule has 0 aliphatic heterocycles. The van der Waals surface area contributed by atoms with Crippen LogP contribution in [-0.2, 0) is 9.59 Å². The fraction of sp³-hybridized carbons (Fsp3) is 0.778. The first-order valence-corrected chi connectivity index (χ1v) is 4.58. The third kappa shape index (κ3) is 6.42. The smallest absolute Gasteiger partial charge is 0.309 e. The van der Waals surface area contributed by atoms with E-state index in [1.807, 2.05) is 0 Å². The second-order valence-corrected chi connectivity index (χ2v) is 4.04. The summed E-state index contributed by atoms with van der Waals surface area (Å²) in [5.41, 5.74) is -0.411. The van der Waals surface area contributed by atoms with Gasteiger partial charge in [0.2, 0.25) is 0 Å². The molecule has 3 N–H and O–H groups in total. The molecule has 0 spiro atoms. The molecule has 0 fully saturated rings. The van der Waals surface area contributed by atoms with E-state index in [0.717, 1.165) is 0 Å². The molecule has 0 saturated heterocycles. The molecular formula is C9H18N2O3. The summed E-state index contributed by atoms with van der Waals surface area (Å²) in [5.74, 6) is -1.30. The Morgan fingerprint density at radius 1 is 1.21 bits per heavy atom. The summed E-state index contributed by atoms with van der Waals surface area (Å²) < 4.78 is 0. The molecule has 0 saturated carbocycles. The lowest BCUT2D eigenvalue weighted by atomic mass is 10.1. The van der Waals surface area contributed by atoms with Gasteiger partial charge in [0.05, 0.1) is 0 Å². The van der Waals surface area contributed by atoms with Crippen LogP contribution in [0.5, 0.6) is 0 Å². The molecule has 5 heteroatoms. The molecule has 14 heavy (non-hydrogen) atoms. The van der Waals surface area contributed by atoms with Gasteiger partial charge in [-0.3, -0.25) is 9.59 Å². The average molecular weight is 202 g/mol. The number of aliphatic hydroxyl groups excluding tert-OH is 1. The Morgan fingerprint density at radius 2 is 1.79 bits per heavy atom. The van der Waals surface area contributed by atoms with E-state index >= 15 is 0 Å². The Kier molecular flexibility index (Phi) is 5.15. The molecule has 0 bridgehead atoms. The highest BCUT2D eigenvalue weighted by Crippen LogP contribution is 1.97. The molecule has 0 unspecified atom stereocenters. The molecule has 5 nitrogen and oxygen atoms in total. The van der Waals surface area contributed by atoms with E-state index in [1.165, 1.54) is 0 Å². The predicted octanol–water partition coefficient (Wildman–Crippen LogP) is -0.600. The lowest BCUT2D eigenvalue weighted by Gasteiger charge is -2.19. The van der Waals surface area contributed by atoms with E-state index in [1.54, 1.807) is 20.8 Å². The molecule has 0 radical (unpaired) electrons. The van der Waals surface area contributed by atoms with Crippen LogP contribution in [0.15, 0.2) is 0 Å². The first-order chi connectivity index (χ1) is 6.37. The third-order valence-electron chi connectivity index (χ3n) is 1.32. The molecular weight excluding hydrogens is 184 g/mol. The highest BCUT2D eigenvalue weighted by molar-refractivity contribution is 6.35. The fourth-order valence-corrected chi connectivity index (χ4v) is 0.759. The van der Waals surface area contributed by atoms with Crippen molar-refractivity contribution in [3.05, 3.63) is 0 Å². The molecule has 0 aromatic rings. The van der Waals surface area contributed by atoms with Crippen LogP contribution < -0.4 is 10.6 Å². The Bertz CT molecular complexity index is 209. The van der Waals surface area contributed by atoms with Crippen molar-refractivity contribution in [3.63, 3.8) is 0 Å². The normalized spacial score (nSPS) is 10.9. The van der Waals surface area contributed by atoms with Crippen molar-refractivity contribution >= 4 is 11.8 Å². The van der Waals surface area contributed by atoms with E-state index in [2.05, 4.69) is 10.6 Å². The van der Waals surface area contributed by atoms with Gasteiger partial charge in [0.15, 0.2) is 0 Å². The van der Waals surface area contributed by atoms with Crippen LogP contribution in [-0.4, -0.2) is 35.6 Å². The Morgan fingerprint density at radius 3 is 2.21 bits per heavy atom. The lowest BCUT2D eigenvalue weighted by Crippen LogP contribution is -2.48. The van der Waals surface area contributed by atoms with Crippen LogP contribution in [0.3, 0.4) is 0 Å². The minimum atomic E-state index is -0.659. The summed E-state index contributed by atoms with van der Waals surface area (Å²) in [7, 11) is 0. The van der Waals surface area contributed by atoms with Gasteiger partial charge in [-0.1, -0.05) is 0 Å². The summed E-state index contributed by atoms with van der Waals surface area (Å²) in [6.45, 7) is 5.71. The van der Waals surface area contributed by atoms with Gasteiger partial charge in [0.25, 0.3) is 0 Å². The van der Waals surface area contributed by atoms with Crippen LogP contribution in [0, 0.1) is 0 Å². The number of hydrogen-bond donors (Lipinski definition) is 3. The van der Waals surface area contributed by atoms with Crippen molar-refractivity contribution in [1.82, 2.24) is 10.6 Å². The number of amides is 2. The van der Waals surface area contributed by atoms with E-state index < -0.39 is 17.4 Å². The molecule has 0 aromatic carbocycles. The SMILES string of the molecule is CC(C)(C)NC(=O)C(=O)NCCCO. The monoisotopic (exact) mass is 202 g/mol. The maximum Gasteiger partial charge on any atom is 0.309 e. The molecule has 2 amide bonds. The van der Waals surface area contributed by atoms with Gasteiger partial charge in [-0.15, -0.1) is 0 Å². The van der Waals surface area contributed by atoms with Gasteiger partial charge in [-0.25, -0.2) is 0 Å². The summed E-state index contributed by atoms with van der Waals surface area (Å²) in [6.07, 6.45) is 0.453. The van der Waals surface area contributed by atoms with Crippen LogP contribution in [0.4, 0.5) is 0 Å². The number of carbonyl (C=O) groups excluding carboxylic acids is 2. The maximum absolute atomic E-state index is 11.2. The molecule has 0 aliphatic carbocycles. The minimum absolute atomic E-state index is 0.00116. The van der Waals surface area contributed by atoms with Gasteiger partial charge in [-0.05, 0) is 27.2 Å². The van der Waals surface area contributed by atoms with Crippen molar-refractivity contribution in [2.45, 2.75) is 32.7 Å². The third-order valence-corrected chi connectivity index (χ3v) is 1.32. The largest absolute Gasteiger partial charge is 0.396 e. The van der Waals surface area contributed by atoms with Gasteiger partial charge in [-0.2, -0.15) is 0 Å². The van der Waals surface area contributed by atoms with Crippen molar-refractivity contribution in [1.29, 1.82) is 0 Å². The molecule has 82 valence electrons. The van der Waals surface area contributed by atoms with Crippen molar-refractivity contribution < 1.29 is 14.7 Å². The van der Waals surface area contributed by atoms with Crippen LogP contribution >= 0.6 is 0 Å². The van der Waals surface area contributed by atoms with E-state index in [4.69, 9.17) is 5.11 Å². The number of nitrogens with one attached hydrogen (secondary N) is 2. The molecule has 0 rings (SSSR count). The highest BCUT2D eigenvalue weighted by atomic mass is 16.3. The molecule has 0 aliphatic rings. The number of rotatable bonds is 3. The van der Waals surface area contributed by atoms with Crippen LogP contribution in [0.25, 0.3) is 0 Å². The topological polar surface area (TPSA) is 78.4 Å². The zero-order valence-electron chi connectivity index (χ0n) is 8.89. The fourth-order valence-electron chi connectivity index (χ4n) is 0.759. The van der Waals surface area contributed by atoms with Crippen molar-refractivity contribution in [2.75, 3.05) is 13.2 Å². The lowest BCUT2D eigenvalue weighted by molar-refractivity contribution is -0.140. The Hall–Kier alpha value is -1.10. The summed E-state index contributed by atoms with van der Waals surface area (Å²) in [6, 6.07) is 0. The van der Waals surface area contributed by atoms with Crippen molar-refractivity contribution in [3.8, 4) is 0 Å². The van der Waals surface area contributed by atoms with E-state index in [0.29, 0.717) is 13.0 Å². The predicted molar refractivity (Wildman–Crippen MR) is 52.6 cm³/mol. The van der Waals surface area contributed by atoms with E-state index in [-0.39, 0.29) is 6.61 Å². The summed E-state index contributed by atoms with van der Waals surface area (Å²) >= 11 is 0. The number of aliphatic hydroxyl groups is 1. The molecule has 0 atom stereocenters. The highest BCUT2D eigenvalue weighted by Gasteiger charge is 2.19. The first-order valence-electron chi connectivity index (χ1n) is 4.58. The number of carbonyl (C=O) groups is 2. The Labute approximate surface area is 83.9 Å². The van der Waals surface area contributed by atoms with Gasteiger partial charge in [0.1, 0.15) is 0 Å². The van der Waals surface area contributed by atoms with Crippen LogP contribution in [0.1, 0.15) is 27.2 Å². The quantitative estimate of drug-likeness (QED) is 0.422. The maximum atomic E-state index is 11.2. The first kappa shape index (κ1) is 12.9. The minimum Gasteiger partial charge on any atom is -0.396 e. The summed E-state index contributed by atoms with van der Waals surface area (Å²) in [5, 5.41) is 13.4. The van der Waals surface area contributed by atoms with E-state index in [9.17, 15) is 9.59 Å². The number of hydrogen-bond acceptors (Lipinski definition) is 3. The average Bonchev–Trinajstić information content (AvgIpc) is 2.01. The standard InChI is InChI=1S/C9H18N2O3/c1-9(2,3)11-8(14)7(13)10-5-4-6-12/h12H,4-6H2,1-3H3,(H,10,13)(H,11,14). The molecule has 0 heterocycles. The zero-order valence-corrected chi connectivity index (χ0v) is 8.89. The zero-order chi connectivity index (χ0) is 11.2. The van der Waals surface area contributed by atoms with Crippen LogP contribution in [0.2, 0.25) is 0 Å². The van der Waals surface area contributed by atoms with Crippen molar-refractivity contribution in [2.24, 2.45) is 0 Å². The Balaban J connectivity index is 3.83. The summed E-state index contributed by atoms with van der Waals surface area (Å²) in [4.78, 5) is 22.3. The van der Waals surface area contributed by atoms with Gasteiger partial charge < -0.3 is 15.7 Å².